The molecule has 0 amide bonds. The normalized spacial score (nSPS) is 10.1. The quantitative estimate of drug-likeness (QED) is 0.870. The van der Waals surface area contributed by atoms with Crippen LogP contribution in [0.15, 0.2) is 24.3 Å². The van der Waals surface area contributed by atoms with Crippen LogP contribution in [0.1, 0.15) is 5.69 Å². The van der Waals surface area contributed by atoms with E-state index >= 15 is 0 Å². The van der Waals surface area contributed by atoms with E-state index in [-0.39, 0.29) is 17.4 Å². The van der Waals surface area contributed by atoms with E-state index in [0.717, 1.165) is 0 Å². The highest BCUT2D eigenvalue weighted by Crippen LogP contribution is 2.23. The van der Waals surface area contributed by atoms with Crippen molar-refractivity contribution in [1.82, 2.24) is 9.97 Å². The van der Waals surface area contributed by atoms with Gasteiger partial charge < -0.3 is 4.98 Å². The number of hydrogen-bond acceptors (Lipinski definition) is 2. The molecule has 16 heavy (non-hydrogen) atoms. The van der Waals surface area contributed by atoms with Gasteiger partial charge in [0.2, 0.25) is 0 Å². The lowest BCUT2D eigenvalue weighted by Crippen LogP contribution is -1.86. The van der Waals surface area contributed by atoms with Gasteiger partial charge in [-0.1, -0.05) is 23.7 Å². The molecule has 0 saturated heterocycles. The number of halogens is 2. The van der Waals surface area contributed by atoms with E-state index in [2.05, 4.69) is 9.97 Å². The fourth-order valence-corrected chi connectivity index (χ4v) is 1.56. The van der Waals surface area contributed by atoms with Crippen molar-refractivity contribution in [1.29, 1.82) is 5.26 Å². The van der Waals surface area contributed by atoms with E-state index in [0.29, 0.717) is 17.1 Å². The molecule has 0 aliphatic carbocycles. The molecular formula is C11H7ClFN3. The summed E-state index contributed by atoms with van der Waals surface area (Å²) in [6.07, 6.45) is 0.125. The summed E-state index contributed by atoms with van der Waals surface area (Å²) in [5.74, 6) is -0.0372. The van der Waals surface area contributed by atoms with Gasteiger partial charge in [0.05, 0.1) is 23.7 Å². The van der Waals surface area contributed by atoms with E-state index in [4.69, 9.17) is 16.9 Å². The Labute approximate surface area is 96.5 Å². The smallest absolute Gasteiger partial charge is 0.151 e. The van der Waals surface area contributed by atoms with Crippen molar-refractivity contribution in [3.05, 3.63) is 40.9 Å². The maximum atomic E-state index is 13.4. The standard InChI is InChI=1S/C11H7ClFN3/c12-10-9(5-6-14)15-11(16-10)7-3-1-2-4-8(7)13/h1-4H,5H2,(H,15,16). The lowest BCUT2D eigenvalue weighted by atomic mass is 10.2. The maximum absolute atomic E-state index is 13.4. The molecule has 3 nitrogen and oxygen atoms in total. The van der Waals surface area contributed by atoms with Gasteiger partial charge in [0.15, 0.2) is 5.15 Å². The number of benzene rings is 1. The van der Waals surface area contributed by atoms with Gasteiger partial charge in [-0.15, -0.1) is 0 Å². The zero-order valence-corrected chi connectivity index (χ0v) is 8.92. The van der Waals surface area contributed by atoms with Gasteiger partial charge in [0, 0.05) is 0 Å². The molecule has 1 N–H and O–H groups in total. The first-order valence-electron chi connectivity index (χ1n) is 4.58. The highest BCUT2D eigenvalue weighted by molar-refractivity contribution is 6.30. The molecule has 0 aliphatic heterocycles. The first kappa shape index (κ1) is 10.7. The highest BCUT2D eigenvalue weighted by Gasteiger charge is 2.12. The first-order valence-corrected chi connectivity index (χ1v) is 4.96. The third kappa shape index (κ3) is 1.90. The van der Waals surface area contributed by atoms with Gasteiger partial charge in [-0.05, 0) is 12.1 Å². The van der Waals surface area contributed by atoms with Crippen molar-refractivity contribution in [3.63, 3.8) is 0 Å². The molecule has 0 atom stereocenters. The van der Waals surface area contributed by atoms with Gasteiger partial charge in [0.1, 0.15) is 11.6 Å². The van der Waals surface area contributed by atoms with Crippen molar-refractivity contribution in [3.8, 4) is 17.5 Å². The number of hydrogen-bond donors (Lipinski definition) is 1. The number of aromatic nitrogens is 2. The number of aromatic amines is 1. The lowest BCUT2D eigenvalue weighted by molar-refractivity contribution is 0.630. The third-order valence-corrected chi connectivity index (χ3v) is 2.43. The number of nitrogens with one attached hydrogen (secondary N) is 1. The van der Waals surface area contributed by atoms with Crippen molar-refractivity contribution in [2.45, 2.75) is 6.42 Å². The Morgan fingerprint density at radius 1 is 1.44 bits per heavy atom. The summed E-state index contributed by atoms with van der Waals surface area (Å²) in [4.78, 5) is 6.81. The Morgan fingerprint density at radius 2 is 2.19 bits per heavy atom. The molecule has 0 bridgehead atoms. The zero-order chi connectivity index (χ0) is 11.5. The minimum absolute atomic E-state index is 0.125. The molecule has 2 aromatic rings. The Kier molecular flexibility index (Phi) is 2.88. The van der Waals surface area contributed by atoms with Crippen molar-refractivity contribution < 1.29 is 4.39 Å². The Balaban J connectivity index is 2.46. The molecule has 0 radical (unpaired) electrons. The molecule has 0 saturated carbocycles. The second-order valence-corrected chi connectivity index (χ2v) is 3.53. The summed E-state index contributed by atoms with van der Waals surface area (Å²) in [6.45, 7) is 0. The van der Waals surface area contributed by atoms with Gasteiger partial charge in [-0.25, -0.2) is 9.37 Å². The maximum Gasteiger partial charge on any atom is 0.151 e. The van der Waals surface area contributed by atoms with E-state index in [9.17, 15) is 4.39 Å². The minimum Gasteiger partial charge on any atom is -0.340 e. The second kappa shape index (κ2) is 4.33. The Hall–Kier alpha value is -1.86. The number of nitriles is 1. The molecule has 2 rings (SSSR count). The Morgan fingerprint density at radius 3 is 2.88 bits per heavy atom. The molecule has 80 valence electrons. The average molecular weight is 236 g/mol. The number of nitrogens with zero attached hydrogens (tertiary/aromatic N) is 2. The summed E-state index contributed by atoms with van der Waals surface area (Å²) < 4.78 is 13.4. The van der Waals surface area contributed by atoms with Crippen LogP contribution in [0.5, 0.6) is 0 Å². The monoisotopic (exact) mass is 235 g/mol. The van der Waals surface area contributed by atoms with Crippen LogP contribution in [0, 0.1) is 17.1 Å². The predicted molar refractivity (Wildman–Crippen MR) is 58.3 cm³/mol. The molecule has 0 spiro atoms. The fraction of sp³-hybridized carbons (Fsp3) is 0.0909. The van der Waals surface area contributed by atoms with E-state index in [1.807, 2.05) is 6.07 Å². The van der Waals surface area contributed by atoms with Crippen molar-refractivity contribution in [2.75, 3.05) is 0 Å². The van der Waals surface area contributed by atoms with E-state index in [1.54, 1.807) is 18.2 Å². The SMILES string of the molecule is N#CCc1[nH]c(-c2ccccc2F)nc1Cl. The predicted octanol–water partition coefficient (Wildman–Crippen LogP) is 2.94. The summed E-state index contributed by atoms with van der Waals surface area (Å²) >= 11 is 5.81. The van der Waals surface area contributed by atoms with E-state index in [1.165, 1.54) is 6.07 Å². The number of H-pyrrole nitrogens is 1. The van der Waals surface area contributed by atoms with Gasteiger partial charge in [0.25, 0.3) is 0 Å². The summed E-state index contributed by atoms with van der Waals surface area (Å²) in [5, 5.41) is 8.76. The zero-order valence-electron chi connectivity index (χ0n) is 8.17. The fourth-order valence-electron chi connectivity index (χ4n) is 1.37. The summed E-state index contributed by atoms with van der Waals surface area (Å²) in [5.41, 5.74) is 0.844. The number of rotatable bonds is 2. The molecule has 0 aliphatic rings. The van der Waals surface area contributed by atoms with Crippen molar-refractivity contribution >= 4 is 11.6 Å². The van der Waals surface area contributed by atoms with Crippen LogP contribution in [-0.2, 0) is 6.42 Å². The third-order valence-electron chi connectivity index (χ3n) is 2.11. The van der Waals surface area contributed by atoms with Gasteiger partial charge in [-0.3, -0.25) is 0 Å². The van der Waals surface area contributed by atoms with Crippen molar-refractivity contribution in [2.24, 2.45) is 0 Å². The molecule has 1 aromatic carbocycles. The first-order chi connectivity index (χ1) is 7.72. The van der Waals surface area contributed by atoms with Crippen LogP contribution < -0.4 is 0 Å². The molecular weight excluding hydrogens is 229 g/mol. The van der Waals surface area contributed by atoms with Gasteiger partial charge >= 0.3 is 0 Å². The largest absolute Gasteiger partial charge is 0.340 e. The van der Waals surface area contributed by atoms with Crippen LogP contribution >= 0.6 is 11.6 Å². The molecule has 5 heteroatoms. The average Bonchev–Trinajstić information content (AvgIpc) is 2.61. The van der Waals surface area contributed by atoms with Crippen LogP contribution in [0.4, 0.5) is 4.39 Å². The van der Waals surface area contributed by atoms with Gasteiger partial charge in [-0.2, -0.15) is 5.26 Å². The topological polar surface area (TPSA) is 52.5 Å². The minimum atomic E-state index is -0.378. The van der Waals surface area contributed by atoms with Crippen LogP contribution in [0.3, 0.4) is 0 Å². The summed E-state index contributed by atoms with van der Waals surface area (Å²) in [7, 11) is 0. The molecule has 1 aromatic heterocycles. The number of imidazole rings is 1. The summed E-state index contributed by atoms with van der Waals surface area (Å²) in [6, 6.07) is 8.20. The van der Waals surface area contributed by atoms with Crippen LogP contribution in [0.2, 0.25) is 5.15 Å². The second-order valence-electron chi connectivity index (χ2n) is 3.17. The molecule has 1 heterocycles. The molecule has 0 fully saturated rings. The van der Waals surface area contributed by atoms with E-state index < -0.39 is 0 Å². The Bertz CT molecular complexity index is 557. The lowest BCUT2D eigenvalue weighted by Gasteiger charge is -1.97. The van der Waals surface area contributed by atoms with Crippen LogP contribution in [0.25, 0.3) is 11.4 Å². The molecule has 0 unspecified atom stereocenters. The van der Waals surface area contributed by atoms with Crippen LogP contribution in [-0.4, -0.2) is 9.97 Å². The highest BCUT2D eigenvalue weighted by atomic mass is 35.5.